The van der Waals surface area contributed by atoms with E-state index in [2.05, 4.69) is 5.43 Å². The molecule has 0 aromatic heterocycles. The van der Waals surface area contributed by atoms with Crippen LogP contribution in [-0.2, 0) is 10.0 Å². The lowest BCUT2D eigenvalue weighted by Crippen LogP contribution is -2.41. The Morgan fingerprint density at radius 2 is 1.62 bits per heavy atom. The molecular weight excluding hydrogens is 290 g/mol. The van der Waals surface area contributed by atoms with Crippen LogP contribution in [0.25, 0.3) is 0 Å². The van der Waals surface area contributed by atoms with Gasteiger partial charge in [-0.2, -0.15) is 5.26 Å². The number of rotatable bonds is 4. The highest BCUT2D eigenvalue weighted by molar-refractivity contribution is 7.89. The number of hydrogen-bond acceptors (Lipinski definition) is 4. The Balaban J connectivity index is 2.08. The van der Waals surface area contributed by atoms with Gasteiger partial charge in [-0.25, -0.2) is 8.42 Å². The van der Waals surface area contributed by atoms with Gasteiger partial charge in [0.1, 0.15) is 0 Å². The average molecular weight is 301 g/mol. The van der Waals surface area contributed by atoms with E-state index in [4.69, 9.17) is 5.26 Å². The van der Waals surface area contributed by atoms with Crippen LogP contribution in [0.2, 0.25) is 0 Å². The molecule has 0 aliphatic heterocycles. The number of hydrazine groups is 1. The standard InChI is InChI=1S/C14H11N3O3S/c15-10-11-6-8-13(9-7-11)21(19,20)17-16-14(18)12-4-2-1-3-5-12/h1-9,17H,(H,16,18). The predicted octanol–water partition coefficient (Wildman–Crippen LogP) is 1.18. The summed E-state index contributed by atoms with van der Waals surface area (Å²) in [7, 11) is -3.88. The van der Waals surface area contributed by atoms with Gasteiger partial charge in [-0.1, -0.05) is 18.2 Å². The average Bonchev–Trinajstić information content (AvgIpc) is 2.53. The molecule has 0 saturated carbocycles. The van der Waals surface area contributed by atoms with Crippen molar-refractivity contribution in [3.63, 3.8) is 0 Å². The molecule has 2 rings (SSSR count). The summed E-state index contributed by atoms with van der Waals surface area (Å²) in [5, 5.41) is 8.66. The second-order valence-corrected chi connectivity index (χ2v) is 5.74. The number of nitrogens with one attached hydrogen (secondary N) is 2. The van der Waals surface area contributed by atoms with Crippen LogP contribution >= 0.6 is 0 Å². The van der Waals surface area contributed by atoms with Crippen molar-refractivity contribution in [1.29, 1.82) is 5.26 Å². The molecule has 7 heteroatoms. The van der Waals surface area contributed by atoms with Gasteiger partial charge < -0.3 is 0 Å². The molecule has 0 radical (unpaired) electrons. The Hall–Kier alpha value is -2.69. The fraction of sp³-hybridized carbons (Fsp3) is 0. The largest absolute Gasteiger partial charge is 0.273 e. The fourth-order valence-corrected chi connectivity index (χ4v) is 2.38. The molecule has 2 aromatic carbocycles. The van der Waals surface area contributed by atoms with E-state index in [1.54, 1.807) is 30.3 Å². The quantitative estimate of drug-likeness (QED) is 0.828. The number of nitriles is 1. The maximum atomic E-state index is 12.0. The maximum Gasteiger partial charge on any atom is 0.266 e. The van der Waals surface area contributed by atoms with Crippen molar-refractivity contribution in [3.8, 4) is 6.07 Å². The van der Waals surface area contributed by atoms with Gasteiger partial charge in [-0.15, -0.1) is 4.83 Å². The maximum absolute atomic E-state index is 12.0. The molecule has 2 N–H and O–H groups in total. The van der Waals surface area contributed by atoms with E-state index in [-0.39, 0.29) is 4.90 Å². The van der Waals surface area contributed by atoms with Gasteiger partial charge in [0.25, 0.3) is 15.9 Å². The van der Waals surface area contributed by atoms with E-state index >= 15 is 0 Å². The van der Waals surface area contributed by atoms with E-state index in [1.165, 1.54) is 24.3 Å². The molecule has 0 aliphatic carbocycles. The Labute approximate surface area is 122 Å². The lowest BCUT2D eigenvalue weighted by molar-refractivity contribution is 0.0945. The highest BCUT2D eigenvalue weighted by Gasteiger charge is 2.15. The zero-order valence-electron chi connectivity index (χ0n) is 10.8. The number of carbonyl (C=O) groups excluding carboxylic acids is 1. The van der Waals surface area contributed by atoms with E-state index in [0.717, 1.165) is 0 Å². The minimum absolute atomic E-state index is 0.0464. The highest BCUT2D eigenvalue weighted by Crippen LogP contribution is 2.09. The van der Waals surface area contributed by atoms with Gasteiger partial charge in [0.05, 0.1) is 16.5 Å². The Bertz CT molecular complexity index is 778. The zero-order valence-corrected chi connectivity index (χ0v) is 11.6. The summed E-state index contributed by atoms with van der Waals surface area (Å²) in [6.45, 7) is 0. The third-order valence-corrected chi connectivity index (χ3v) is 3.89. The van der Waals surface area contributed by atoms with Crippen LogP contribution < -0.4 is 10.3 Å². The van der Waals surface area contributed by atoms with Crippen LogP contribution in [0.4, 0.5) is 0 Å². The van der Waals surface area contributed by atoms with Crippen LogP contribution in [0.5, 0.6) is 0 Å². The second-order valence-electron chi connectivity index (χ2n) is 4.06. The third-order valence-electron chi connectivity index (χ3n) is 2.63. The molecule has 0 fully saturated rings. The summed E-state index contributed by atoms with van der Waals surface area (Å²) in [5.41, 5.74) is 2.81. The minimum atomic E-state index is -3.88. The van der Waals surface area contributed by atoms with Gasteiger partial charge in [-0.05, 0) is 36.4 Å². The first-order chi connectivity index (χ1) is 10.0. The SMILES string of the molecule is N#Cc1ccc(S(=O)(=O)NNC(=O)c2ccccc2)cc1. The van der Waals surface area contributed by atoms with Crippen LogP contribution in [0.3, 0.4) is 0 Å². The summed E-state index contributed by atoms with van der Waals surface area (Å²) in [6, 6.07) is 15.4. The van der Waals surface area contributed by atoms with E-state index in [1.807, 2.05) is 10.9 Å². The predicted molar refractivity (Wildman–Crippen MR) is 75.4 cm³/mol. The van der Waals surface area contributed by atoms with Gasteiger partial charge in [0.2, 0.25) is 0 Å². The summed E-state index contributed by atoms with van der Waals surface area (Å²) in [4.78, 5) is 13.7. The normalized spacial score (nSPS) is 10.6. The highest BCUT2D eigenvalue weighted by atomic mass is 32.2. The fourth-order valence-electron chi connectivity index (χ4n) is 1.54. The van der Waals surface area contributed by atoms with Crippen molar-refractivity contribution in [1.82, 2.24) is 10.3 Å². The Morgan fingerprint density at radius 3 is 2.19 bits per heavy atom. The smallest absolute Gasteiger partial charge is 0.266 e. The van der Waals surface area contributed by atoms with Gasteiger partial charge in [0.15, 0.2) is 0 Å². The van der Waals surface area contributed by atoms with E-state index < -0.39 is 15.9 Å². The molecule has 6 nitrogen and oxygen atoms in total. The van der Waals surface area contributed by atoms with E-state index in [0.29, 0.717) is 11.1 Å². The zero-order chi connectivity index (χ0) is 15.3. The topological polar surface area (TPSA) is 99.1 Å². The van der Waals surface area contributed by atoms with Crippen molar-refractivity contribution < 1.29 is 13.2 Å². The van der Waals surface area contributed by atoms with Crippen LogP contribution in [-0.4, -0.2) is 14.3 Å². The van der Waals surface area contributed by atoms with Crippen molar-refractivity contribution >= 4 is 15.9 Å². The van der Waals surface area contributed by atoms with Crippen molar-refractivity contribution in [2.24, 2.45) is 0 Å². The molecule has 1 amide bonds. The molecular formula is C14H11N3O3S. The first kappa shape index (κ1) is 14.7. The molecule has 106 valence electrons. The number of sulfonamides is 1. The number of nitrogens with zero attached hydrogens (tertiary/aromatic N) is 1. The molecule has 0 saturated heterocycles. The Kier molecular flexibility index (Phi) is 4.33. The van der Waals surface area contributed by atoms with Gasteiger partial charge in [-0.3, -0.25) is 10.2 Å². The van der Waals surface area contributed by atoms with Gasteiger partial charge >= 0.3 is 0 Å². The van der Waals surface area contributed by atoms with E-state index in [9.17, 15) is 13.2 Å². The second kappa shape index (κ2) is 6.17. The molecule has 0 bridgehead atoms. The van der Waals surface area contributed by atoms with Crippen LogP contribution in [0.1, 0.15) is 15.9 Å². The molecule has 0 spiro atoms. The molecule has 0 aliphatic rings. The molecule has 0 unspecified atom stereocenters. The van der Waals surface area contributed by atoms with Crippen LogP contribution in [0, 0.1) is 11.3 Å². The van der Waals surface area contributed by atoms with Crippen molar-refractivity contribution in [2.75, 3.05) is 0 Å². The summed E-state index contributed by atoms with van der Waals surface area (Å²) in [5.74, 6) is -0.562. The molecule has 2 aromatic rings. The summed E-state index contributed by atoms with van der Waals surface area (Å²) < 4.78 is 23.9. The number of benzene rings is 2. The molecule has 0 heterocycles. The first-order valence-corrected chi connectivity index (χ1v) is 7.38. The lowest BCUT2D eigenvalue weighted by atomic mass is 10.2. The van der Waals surface area contributed by atoms with Crippen molar-refractivity contribution in [2.45, 2.75) is 4.90 Å². The number of amides is 1. The Morgan fingerprint density at radius 1 is 1.00 bits per heavy atom. The number of hydrogen-bond donors (Lipinski definition) is 2. The first-order valence-electron chi connectivity index (χ1n) is 5.90. The third kappa shape index (κ3) is 3.66. The summed E-state index contributed by atoms with van der Waals surface area (Å²) >= 11 is 0. The van der Waals surface area contributed by atoms with Gasteiger partial charge in [0, 0.05) is 5.56 Å². The number of carbonyl (C=O) groups is 1. The molecule has 21 heavy (non-hydrogen) atoms. The summed E-state index contributed by atoms with van der Waals surface area (Å²) in [6.07, 6.45) is 0. The molecule has 0 atom stereocenters. The van der Waals surface area contributed by atoms with Crippen molar-refractivity contribution in [3.05, 3.63) is 65.7 Å². The monoisotopic (exact) mass is 301 g/mol. The van der Waals surface area contributed by atoms with Crippen LogP contribution in [0.15, 0.2) is 59.5 Å². The lowest BCUT2D eigenvalue weighted by Gasteiger charge is -2.08. The minimum Gasteiger partial charge on any atom is -0.273 e.